The zero-order chi connectivity index (χ0) is 11.7. The van der Waals surface area contributed by atoms with Crippen molar-refractivity contribution in [2.75, 3.05) is 0 Å². The first-order valence-corrected chi connectivity index (χ1v) is 4.58. The number of aromatic nitrogens is 2. The molecule has 0 amide bonds. The van der Waals surface area contributed by atoms with Gasteiger partial charge in [-0.25, -0.2) is 8.78 Å². The van der Waals surface area contributed by atoms with E-state index in [9.17, 15) is 13.6 Å². The van der Waals surface area contributed by atoms with E-state index in [1.165, 1.54) is 22.9 Å². The normalized spacial score (nSPS) is 10.4. The van der Waals surface area contributed by atoms with Crippen LogP contribution in [-0.4, -0.2) is 15.6 Å². The van der Waals surface area contributed by atoms with Crippen LogP contribution in [0.25, 0.3) is 0 Å². The van der Waals surface area contributed by atoms with Crippen molar-refractivity contribution in [2.45, 2.75) is 0 Å². The molecule has 3 nitrogen and oxygen atoms in total. The molecule has 0 bridgehead atoms. The van der Waals surface area contributed by atoms with Gasteiger partial charge in [0.05, 0.1) is 5.56 Å². The van der Waals surface area contributed by atoms with Crippen LogP contribution in [0.1, 0.15) is 16.1 Å². The minimum absolute atomic E-state index is 0.0898. The van der Waals surface area contributed by atoms with Crippen LogP contribution in [0.3, 0.4) is 0 Å². The highest BCUT2D eigenvalue weighted by molar-refractivity contribution is 6.07. The second-order valence-corrected chi connectivity index (χ2v) is 3.31. The van der Waals surface area contributed by atoms with Crippen molar-refractivity contribution >= 4 is 5.78 Å². The van der Waals surface area contributed by atoms with Gasteiger partial charge in [-0.05, 0) is 18.2 Å². The lowest BCUT2D eigenvalue weighted by atomic mass is 10.1. The Bertz CT molecular complexity index is 549. The molecule has 1 aromatic carbocycles. The van der Waals surface area contributed by atoms with Gasteiger partial charge in [0, 0.05) is 13.2 Å². The fourth-order valence-electron chi connectivity index (χ4n) is 1.35. The van der Waals surface area contributed by atoms with E-state index in [2.05, 4.69) is 5.10 Å². The van der Waals surface area contributed by atoms with Crippen molar-refractivity contribution in [3.05, 3.63) is 53.4 Å². The SMILES string of the molecule is Cn1ccc(C(=O)c2cccc(F)c2F)n1. The highest BCUT2D eigenvalue weighted by atomic mass is 19.2. The molecule has 0 fully saturated rings. The van der Waals surface area contributed by atoms with E-state index in [4.69, 9.17) is 0 Å². The Morgan fingerprint density at radius 2 is 2.06 bits per heavy atom. The van der Waals surface area contributed by atoms with Crippen LogP contribution >= 0.6 is 0 Å². The van der Waals surface area contributed by atoms with Gasteiger partial charge in [0.1, 0.15) is 5.69 Å². The summed E-state index contributed by atoms with van der Waals surface area (Å²) in [4.78, 5) is 11.8. The third-order valence-corrected chi connectivity index (χ3v) is 2.14. The van der Waals surface area contributed by atoms with Crippen LogP contribution in [0.15, 0.2) is 30.5 Å². The number of aryl methyl sites for hydroxylation is 1. The molecular formula is C11H8F2N2O. The van der Waals surface area contributed by atoms with Crippen molar-refractivity contribution in [2.24, 2.45) is 7.05 Å². The smallest absolute Gasteiger partial charge is 0.216 e. The van der Waals surface area contributed by atoms with Crippen LogP contribution in [0.2, 0.25) is 0 Å². The molecule has 0 spiro atoms. The molecule has 82 valence electrons. The topological polar surface area (TPSA) is 34.9 Å². The van der Waals surface area contributed by atoms with Gasteiger partial charge in [-0.2, -0.15) is 5.10 Å². The second kappa shape index (κ2) is 3.84. The molecule has 2 rings (SSSR count). The average Bonchev–Trinajstić information content (AvgIpc) is 2.68. The molecule has 0 atom stereocenters. The summed E-state index contributed by atoms with van der Waals surface area (Å²) in [5, 5.41) is 3.84. The van der Waals surface area contributed by atoms with Gasteiger partial charge < -0.3 is 0 Å². The van der Waals surface area contributed by atoms with Crippen LogP contribution in [-0.2, 0) is 7.05 Å². The minimum Gasteiger partial charge on any atom is -0.287 e. The van der Waals surface area contributed by atoms with E-state index in [0.717, 1.165) is 6.07 Å². The maximum absolute atomic E-state index is 13.3. The fraction of sp³-hybridized carbons (Fsp3) is 0.0909. The first-order chi connectivity index (χ1) is 7.59. The molecule has 0 N–H and O–H groups in total. The maximum Gasteiger partial charge on any atom is 0.216 e. The Kier molecular flexibility index (Phi) is 2.52. The number of hydrogen-bond donors (Lipinski definition) is 0. The summed E-state index contributed by atoms with van der Waals surface area (Å²) in [6.07, 6.45) is 1.56. The summed E-state index contributed by atoms with van der Waals surface area (Å²) in [6.45, 7) is 0. The lowest BCUT2D eigenvalue weighted by Gasteiger charge is -2.00. The van der Waals surface area contributed by atoms with E-state index < -0.39 is 17.4 Å². The molecule has 5 heteroatoms. The molecule has 2 aromatic rings. The largest absolute Gasteiger partial charge is 0.287 e. The molecular weight excluding hydrogens is 214 g/mol. The highest BCUT2D eigenvalue weighted by Gasteiger charge is 2.18. The van der Waals surface area contributed by atoms with Crippen LogP contribution in [0, 0.1) is 11.6 Å². The summed E-state index contributed by atoms with van der Waals surface area (Å²) < 4.78 is 27.6. The number of benzene rings is 1. The van der Waals surface area contributed by atoms with Crippen molar-refractivity contribution < 1.29 is 13.6 Å². The Hall–Kier alpha value is -2.04. The first kappa shape index (κ1) is 10.5. The van der Waals surface area contributed by atoms with E-state index in [-0.39, 0.29) is 11.3 Å². The maximum atomic E-state index is 13.3. The number of halogens is 2. The van der Waals surface area contributed by atoms with Crippen LogP contribution in [0.4, 0.5) is 8.78 Å². The van der Waals surface area contributed by atoms with Gasteiger partial charge >= 0.3 is 0 Å². The Labute approximate surface area is 90.3 Å². The molecule has 0 aliphatic heterocycles. The minimum atomic E-state index is -1.14. The van der Waals surface area contributed by atoms with Gasteiger partial charge in [0.15, 0.2) is 11.6 Å². The van der Waals surface area contributed by atoms with E-state index >= 15 is 0 Å². The summed E-state index contributed by atoms with van der Waals surface area (Å²) >= 11 is 0. The van der Waals surface area contributed by atoms with Crippen molar-refractivity contribution in [1.29, 1.82) is 0 Å². The van der Waals surface area contributed by atoms with Crippen LogP contribution in [0.5, 0.6) is 0 Å². The van der Waals surface area contributed by atoms with Crippen molar-refractivity contribution in [3.63, 3.8) is 0 Å². The summed E-state index contributed by atoms with van der Waals surface area (Å²) in [5.74, 6) is -2.81. The monoisotopic (exact) mass is 222 g/mol. The van der Waals surface area contributed by atoms with E-state index in [1.54, 1.807) is 13.2 Å². The number of hydrogen-bond acceptors (Lipinski definition) is 2. The lowest BCUT2D eigenvalue weighted by molar-refractivity contribution is 0.102. The predicted octanol–water partition coefficient (Wildman–Crippen LogP) is 1.93. The first-order valence-electron chi connectivity index (χ1n) is 4.58. The zero-order valence-electron chi connectivity index (χ0n) is 8.45. The molecule has 0 aliphatic carbocycles. The third-order valence-electron chi connectivity index (χ3n) is 2.14. The van der Waals surface area contributed by atoms with Gasteiger partial charge in [-0.15, -0.1) is 0 Å². The van der Waals surface area contributed by atoms with E-state index in [0.29, 0.717) is 0 Å². The molecule has 0 saturated heterocycles. The Balaban J connectivity index is 2.45. The quantitative estimate of drug-likeness (QED) is 0.728. The van der Waals surface area contributed by atoms with Crippen LogP contribution < -0.4 is 0 Å². The molecule has 0 aliphatic rings. The lowest BCUT2D eigenvalue weighted by Crippen LogP contribution is -2.07. The standard InChI is InChI=1S/C11H8F2N2O/c1-15-6-5-9(14-15)11(16)7-3-2-4-8(12)10(7)13/h2-6H,1H3. The summed E-state index contributed by atoms with van der Waals surface area (Å²) in [5.41, 5.74) is -0.217. The fourth-order valence-corrected chi connectivity index (χ4v) is 1.35. The second-order valence-electron chi connectivity index (χ2n) is 3.31. The highest BCUT2D eigenvalue weighted by Crippen LogP contribution is 2.14. The van der Waals surface area contributed by atoms with Gasteiger partial charge in [-0.1, -0.05) is 6.07 Å². The molecule has 16 heavy (non-hydrogen) atoms. The van der Waals surface area contributed by atoms with Gasteiger partial charge in [-0.3, -0.25) is 9.48 Å². The predicted molar refractivity (Wildman–Crippen MR) is 53.0 cm³/mol. The van der Waals surface area contributed by atoms with E-state index in [1.807, 2.05) is 0 Å². The zero-order valence-corrected chi connectivity index (χ0v) is 8.45. The van der Waals surface area contributed by atoms with Gasteiger partial charge in [0.25, 0.3) is 0 Å². The molecule has 1 heterocycles. The number of ketones is 1. The van der Waals surface area contributed by atoms with Crippen molar-refractivity contribution in [3.8, 4) is 0 Å². The Morgan fingerprint density at radius 1 is 1.31 bits per heavy atom. The number of carbonyl (C=O) groups is 1. The number of carbonyl (C=O) groups excluding carboxylic acids is 1. The third kappa shape index (κ3) is 1.71. The number of nitrogens with zero attached hydrogens (tertiary/aromatic N) is 2. The Morgan fingerprint density at radius 3 is 2.69 bits per heavy atom. The van der Waals surface area contributed by atoms with Crippen molar-refractivity contribution in [1.82, 2.24) is 9.78 Å². The molecule has 1 aromatic heterocycles. The molecule has 0 radical (unpaired) electrons. The number of rotatable bonds is 2. The van der Waals surface area contributed by atoms with Gasteiger partial charge in [0.2, 0.25) is 5.78 Å². The molecule has 0 unspecified atom stereocenters. The average molecular weight is 222 g/mol. The summed E-state index contributed by atoms with van der Waals surface area (Å²) in [6, 6.07) is 4.93. The molecule has 0 saturated carbocycles. The summed E-state index contributed by atoms with van der Waals surface area (Å²) in [7, 11) is 1.64.